The van der Waals surface area contributed by atoms with Crippen molar-refractivity contribution in [1.82, 2.24) is 10.2 Å². The van der Waals surface area contributed by atoms with Crippen LogP contribution in [0.4, 0.5) is 0 Å². The van der Waals surface area contributed by atoms with Gasteiger partial charge in [0.25, 0.3) is 5.91 Å². The molecule has 1 aliphatic rings. The third-order valence-electron chi connectivity index (χ3n) is 3.23. The molecule has 2 rings (SSSR count). The SMILES string of the molecule is CC(O)CN(C)C(=O)CC1NC(=O)c2ccccc21. The Labute approximate surface area is 112 Å². The molecule has 0 saturated carbocycles. The van der Waals surface area contributed by atoms with Gasteiger partial charge in [-0.1, -0.05) is 18.2 Å². The monoisotopic (exact) mass is 262 g/mol. The molecule has 0 saturated heterocycles. The van der Waals surface area contributed by atoms with Crippen molar-refractivity contribution in [3.05, 3.63) is 35.4 Å². The Morgan fingerprint density at radius 3 is 2.84 bits per heavy atom. The van der Waals surface area contributed by atoms with Crippen LogP contribution in [0.2, 0.25) is 0 Å². The summed E-state index contributed by atoms with van der Waals surface area (Å²) in [6, 6.07) is 7.01. The lowest BCUT2D eigenvalue weighted by Gasteiger charge is -2.21. The molecule has 5 nitrogen and oxygen atoms in total. The number of benzene rings is 1. The molecular formula is C14H18N2O3. The van der Waals surface area contributed by atoms with E-state index in [0.29, 0.717) is 12.1 Å². The Morgan fingerprint density at radius 1 is 1.47 bits per heavy atom. The summed E-state index contributed by atoms with van der Waals surface area (Å²) in [5, 5.41) is 12.1. The normalized spacial score (nSPS) is 18.7. The van der Waals surface area contributed by atoms with E-state index in [0.717, 1.165) is 5.56 Å². The third kappa shape index (κ3) is 2.93. The number of fused-ring (bicyclic) bond motifs is 1. The second-order valence-electron chi connectivity index (χ2n) is 4.94. The second kappa shape index (κ2) is 5.40. The van der Waals surface area contributed by atoms with Crippen LogP contribution in [-0.2, 0) is 4.79 Å². The van der Waals surface area contributed by atoms with E-state index in [1.54, 1.807) is 20.0 Å². The molecule has 0 aromatic heterocycles. The number of hydrogen-bond donors (Lipinski definition) is 2. The fourth-order valence-corrected chi connectivity index (χ4v) is 2.31. The van der Waals surface area contributed by atoms with E-state index in [2.05, 4.69) is 5.32 Å². The van der Waals surface area contributed by atoms with Gasteiger partial charge in [-0.05, 0) is 18.6 Å². The second-order valence-corrected chi connectivity index (χ2v) is 4.94. The van der Waals surface area contributed by atoms with Crippen molar-refractivity contribution in [2.45, 2.75) is 25.5 Å². The average Bonchev–Trinajstić information content (AvgIpc) is 2.66. The van der Waals surface area contributed by atoms with Gasteiger partial charge in [-0.2, -0.15) is 0 Å². The first-order valence-corrected chi connectivity index (χ1v) is 6.31. The van der Waals surface area contributed by atoms with E-state index in [1.165, 1.54) is 4.90 Å². The van der Waals surface area contributed by atoms with Crippen LogP contribution in [0, 0.1) is 0 Å². The summed E-state index contributed by atoms with van der Waals surface area (Å²) < 4.78 is 0. The number of rotatable bonds is 4. The van der Waals surface area contributed by atoms with Crippen molar-refractivity contribution in [1.29, 1.82) is 0 Å². The molecule has 5 heteroatoms. The number of nitrogens with one attached hydrogen (secondary N) is 1. The van der Waals surface area contributed by atoms with Gasteiger partial charge in [-0.3, -0.25) is 9.59 Å². The van der Waals surface area contributed by atoms with Crippen LogP contribution in [0.15, 0.2) is 24.3 Å². The van der Waals surface area contributed by atoms with Gasteiger partial charge in [-0.25, -0.2) is 0 Å². The number of hydrogen-bond acceptors (Lipinski definition) is 3. The maximum Gasteiger partial charge on any atom is 0.252 e. The maximum atomic E-state index is 12.0. The molecule has 0 bridgehead atoms. The number of likely N-dealkylation sites (N-methyl/N-ethyl adjacent to an activating group) is 1. The Kier molecular flexibility index (Phi) is 3.85. The number of carbonyl (C=O) groups excluding carboxylic acids is 2. The van der Waals surface area contributed by atoms with Crippen LogP contribution < -0.4 is 5.32 Å². The zero-order valence-corrected chi connectivity index (χ0v) is 11.1. The molecule has 1 aromatic carbocycles. The van der Waals surface area contributed by atoms with Crippen LogP contribution in [0.25, 0.3) is 0 Å². The lowest BCUT2D eigenvalue weighted by atomic mass is 10.0. The summed E-state index contributed by atoms with van der Waals surface area (Å²) >= 11 is 0. The Bertz CT molecular complexity index is 499. The number of aliphatic hydroxyl groups is 1. The first-order valence-electron chi connectivity index (χ1n) is 6.31. The van der Waals surface area contributed by atoms with E-state index in [-0.39, 0.29) is 24.3 Å². The Hall–Kier alpha value is -1.88. The minimum absolute atomic E-state index is 0.0945. The fraction of sp³-hybridized carbons (Fsp3) is 0.429. The predicted molar refractivity (Wildman–Crippen MR) is 70.6 cm³/mol. The van der Waals surface area contributed by atoms with Gasteiger partial charge in [0, 0.05) is 19.2 Å². The molecule has 0 aliphatic carbocycles. The van der Waals surface area contributed by atoms with Gasteiger partial charge in [-0.15, -0.1) is 0 Å². The highest BCUT2D eigenvalue weighted by Gasteiger charge is 2.30. The zero-order chi connectivity index (χ0) is 14.0. The van der Waals surface area contributed by atoms with Crippen molar-refractivity contribution in [2.24, 2.45) is 0 Å². The lowest BCUT2D eigenvalue weighted by molar-refractivity contribution is -0.131. The standard InChI is InChI=1S/C14H18N2O3/c1-9(17)8-16(2)13(18)7-12-10-5-3-4-6-11(10)14(19)15-12/h3-6,9,12,17H,7-8H2,1-2H3,(H,15,19). The predicted octanol–water partition coefficient (Wildman–Crippen LogP) is 0.700. The summed E-state index contributed by atoms with van der Waals surface area (Å²) in [6.45, 7) is 1.93. The van der Waals surface area contributed by atoms with Gasteiger partial charge < -0.3 is 15.3 Å². The molecule has 2 amide bonds. The van der Waals surface area contributed by atoms with Crippen molar-refractivity contribution in [3.8, 4) is 0 Å². The van der Waals surface area contributed by atoms with Gasteiger partial charge in [0.05, 0.1) is 18.6 Å². The van der Waals surface area contributed by atoms with Gasteiger partial charge in [0.15, 0.2) is 0 Å². The van der Waals surface area contributed by atoms with Crippen molar-refractivity contribution >= 4 is 11.8 Å². The van der Waals surface area contributed by atoms with Crippen LogP contribution in [-0.4, -0.2) is 41.5 Å². The highest BCUT2D eigenvalue weighted by molar-refractivity contribution is 5.99. The summed E-state index contributed by atoms with van der Waals surface area (Å²) in [5.74, 6) is -0.227. The largest absolute Gasteiger partial charge is 0.392 e. The molecule has 0 fully saturated rings. The molecule has 19 heavy (non-hydrogen) atoms. The smallest absolute Gasteiger partial charge is 0.252 e. The van der Waals surface area contributed by atoms with Gasteiger partial charge in [0.2, 0.25) is 5.91 Å². The third-order valence-corrected chi connectivity index (χ3v) is 3.23. The molecule has 2 atom stereocenters. The van der Waals surface area contributed by atoms with E-state index in [9.17, 15) is 14.7 Å². The topological polar surface area (TPSA) is 69.6 Å². The fourth-order valence-electron chi connectivity index (χ4n) is 2.31. The first kappa shape index (κ1) is 13.5. The number of aliphatic hydroxyl groups excluding tert-OH is 1. The van der Waals surface area contributed by atoms with Crippen LogP contribution in [0.5, 0.6) is 0 Å². The highest BCUT2D eigenvalue weighted by atomic mass is 16.3. The zero-order valence-electron chi connectivity index (χ0n) is 11.1. The Morgan fingerprint density at radius 2 is 2.16 bits per heavy atom. The van der Waals surface area contributed by atoms with Crippen molar-refractivity contribution in [3.63, 3.8) is 0 Å². The molecule has 102 valence electrons. The minimum Gasteiger partial charge on any atom is -0.392 e. The molecule has 1 aliphatic heterocycles. The van der Waals surface area contributed by atoms with E-state index < -0.39 is 6.10 Å². The van der Waals surface area contributed by atoms with Gasteiger partial charge in [0.1, 0.15) is 0 Å². The summed E-state index contributed by atoms with van der Waals surface area (Å²) in [6.07, 6.45) is -0.342. The first-order chi connectivity index (χ1) is 8.99. The van der Waals surface area contributed by atoms with E-state index >= 15 is 0 Å². The molecule has 0 radical (unpaired) electrons. The van der Waals surface area contributed by atoms with Crippen LogP contribution >= 0.6 is 0 Å². The Balaban J connectivity index is 2.05. The number of nitrogens with zero attached hydrogens (tertiary/aromatic N) is 1. The summed E-state index contributed by atoms with van der Waals surface area (Å²) in [4.78, 5) is 25.2. The molecule has 0 spiro atoms. The number of amides is 2. The molecule has 1 heterocycles. The average molecular weight is 262 g/mol. The molecule has 2 unspecified atom stereocenters. The number of carbonyl (C=O) groups is 2. The molecular weight excluding hydrogens is 244 g/mol. The van der Waals surface area contributed by atoms with Gasteiger partial charge >= 0.3 is 0 Å². The minimum atomic E-state index is -0.556. The maximum absolute atomic E-state index is 12.0. The summed E-state index contributed by atoms with van der Waals surface area (Å²) in [7, 11) is 1.65. The van der Waals surface area contributed by atoms with E-state index in [4.69, 9.17) is 0 Å². The lowest BCUT2D eigenvalue weighted by Crippen LogP contribution is -2.35. The van der Waals surface area contributed by atoms with Crippen LogP contribution in [0.1, 0.15) is 35.3 Å². The van der Waals surface area contributed by atoms with Crippen molar-refractivity contribution in [2.75, 3.05) is 13.6 Å². The quantitative estimate of drug-likeness (QED) is 0.839. The van der Waals surface area contributed by atoms with Crippen LogP contribution in [0.3, 0.4) is 0 Å². The molecule has 1 aromatic rings. The van der Waals surface area contributed by atoms with E-state index in [1.807, 2.05) is 18.2 Å². The van der Waals surface area contributed by atoms with Crippen molar-refractivity contribution < 1.29 is 14.7 Å². The summed E-state index contributed by atoms with van der Waals surface area (Å²) in [5.41, 5.74) is 1.50. The highest BCUT2D eigenvalue weighted by Crippen LogP contribution is 2.27. The molecule has 2 N–H and O–H groups in total.